The molecule has 0 fully saturated rings. The van der Waals surface area contributed by atoms with Crippen LogP contribution in [-0.4, -0.2) is 19.0 Å². The van der Waals surface area contributed by atoms with Crippen LogP contribution < -0.4 is 5.32 Å². The summed E-state index contributed by atoms with van der Waals surface area (Å²) in [6.07, 6.45) is 7.34. The first-order chi connectivity index (χ1) is 10.7. The van der Waals surface area contributed by atoms with Crippen molar-refractivity contribution in [1.29, 1.82) is 0 Å². The number of esters is 1. The Balaban J connectivity index is 1.80. The number of amides is 1. The van der Waals surface area contributed by atoms with E-state index in [0.717, 1.165) is 29.7 Å². The molecule has 0 saturated carbocycles. The SMILES string of the molecule is COC(=O)c1c(NC(=O)C=Cc2ccco2)sc2c1CCC2. The molecule has 0 aliphatic heterocycles. The molecule has 0 aromatic carbocycles. The van der Waals surface area contributed by atoms with Crippen LogP contribution in [0.15, 0.2) is 28.9 Å². The zero-order valence-electron chi connectivity index (χ0n) is 12.0. The van der Waals surface area contributed by atoms with Crippen LogP contribution in [0.5, 0.6) is 0 Å². The van der Waals surface area contributed by atoms with Gasteiger partial charge in [-0.2, -0.15) is 0 Å². The third kappa shape index (κ3) is 2.82. The minimum atomic E-state index is -0.398. The van der Waals surface area contributed by atoms with E-state index in [0.29, 0.717) is 16.3 Å². The third-order valence-electron chi connectivity index (χ3n) is 3.49. The van der Waals surface area contributed by atoms with Gasteiger partial charge in [-0.05, 0) is 43.0 Å². The van der Waals surface area contributed by atoms with Gasteiger partial charge in [0.15, 0.2) is 0 Å². The van der Waals surface area contributed by atoms with Crippen LogP contribution >= 0.6 is 11.3 Å². The molecule has 3 rings (SSSR count). The number of nitrogens with one attached hydrogen (secondary N) is 1. The molecule has 1 N–H and O–H groups in total. The lowest BCUT2D eigenvalue weighted by Crippen LogP contribution is -2.12. The quantitative estimate of drug-likeness (QED) is 0.694. The van der Waals surface area contributed by atoms with Crippen molar-refractivity contribution in [2.45, 2.75) is 19.3 Å². The lowest BCUT2D eigenvalue weighted by Gasteiger charge is -2.04. The van der Waals surface area contributed by atoms with E-state index < -0.39 is 5.97 Å². The van der Waals surface area contributed by atoms with Gasteiger partial charge >= 0.3 is 5.97 Å². The van der Waals surface area contributed by atoms with Crippen LogP contribution in [0.4, 0.5) is 5.00 Å². The molecule has 2 heterocycles. The average Bonchev–Trinajstić information content (AvgIpc) is 3.21. The molecule has 1 aliphatic carbocycles. The van der Waals surface area contributed by atoms with Crippen LogP contribution in [0, 0.1) is 0 Å². The Hall–Kier alpha value is -2.34. The second-order valence-electron chi connectivity index (χ2n) is 4.89. The number of aryl methyl sites for hydroxylation is 1. The number of carbonyl (C=O) groups excluding carboxylic acids is 2. The summed E-state index contributed by atoms with van der Waals surface area (Å²) < 4.78 is 9.97. The predicted octanol–water partition coefficient (Wildman–Crippen LogP) is 3.27. The van der Waals surface area contributed by atoms with Crippen LogP contribution in [0.1, 0.15) is 33.0 Å². The Morgan fingerprint density at radius 3 is 3.00 bits per heavy atom. The highest BCUT2D eigenvalue weighted by Crippen LogP contribution is 2.39. The normalized spacial score (nSPS) is 13.3. The Bertz CT molecular complexity index is 728. The summed E-state index contributed by atoms with van der Waals surface area (Å²) in [7, 11) is 1.35. The van der Waals surface area contributed by atoms with Crippen molar-refractivity contribution in [3.05, 3.63) is 46.2 Å². The second kappa shape index (κ2) is 6.19. The third-order valence-corrected chi connectivity index (χ3v) is 4.70. The molecule has 0 spiro atoms. The molecule has 0 unspecified atom stereocenters. The maximum absolute atomic E-state index is 12.0. The number of fused-ring (bicyclic) bond motifs is 1. The maximum Gasteiger partial charge on any atom is 0.341 e. The molecule has 1 amide bonds. The number of anilines is 1. The van der Waals surface area contributed by atoms with Gasteiger partial charge in [0.1, 0.15) is 10.8 Å². The first-order valence-corrected chi connectivity index (χ1v) is 7.76. The lowest BCUT2D eigenvalue weighted by molar-refractivity contribution is -0.111. The number of hydrogen-bond donors (Lipinski definition) is 1. The van der Waals surface area contributed by atoms with Gasteiger partial charge in [-0.25, -0.2) is 4.79 Å². The fourth-order valence-corrected chi connectivity index (χ4v) is 3.79. The highest BCUT2D eigenvalue weighted by molar-refractivity contribution is 7.17. The van der Waals surface area contributed by atoms with Gasteiger partial charge in [-0.1, -0.05) is 0 Å². The van der Waals surface area contributed by atoms with Crippen molar-refractivity contribution < 1.29 is 18.7 Å². The van der Waals surface area contributed by atoms with Crippen molar-refractivity contribution in [3.63, 3.8) is 0 Å². The standard InChI is InChI=1S/C16H15NO4S/c1-20-16(19)14-11-5-2-6-12(11)22-15(14)17-13(18)8-7-10-4-3-9-21-10/h3-4,7-9H,2,5-6H2,1H3,(H,17,18). The minimum absolute atomic E-state index is 0.304. The van der Waals surface area contributed by atoms with Crippen LogP contribution in [0.25, 0.3) is 6.08 Å². The molecule has 114 valence electrons. The Morgan fingerprint density at radius 1 is 1.41 bits per heavy atom. The minimum Gasteiger partial charge on any atom is -0.465 e. The van der Waals surface area contributed by atoms with E-state index in [1.165, 1.54) is 30.8 Å². The number of thiophene rings is 1. The van der Waals surface area contributed by atoms with Crippen molar-refractivity contribution >= 4 is 34.3 Å². The molecule has 1 aliphatic rings. The van der Waals surface area contributed by atoms with E-state index in [1.54, 1.807) is 18.2 Å². The maximum atomic E-state index is 12.0. The van der Waals surface area contributed by atoms with E-state index in [2.05, 4.69) is 5.32 Å². The van der Waals surface area contributed by atoms with Crippen molar-refractivity contribution in [3.8, 4) is 0 Å². The van der Waals surface area contributed by atoms with Gasteiger partial charge in [0.2, 0.25) is 5.91 Å². The van der Waals surface area contributed by atoms with Crippen molar-refractivity contribution in [2.75, 3.05) is 12.4 Å². The molecular formula is C16H15NO4S. The highest BCUT2D eigenvalue weighted by atomic mass is 32.1. The monoisotopic (exact) mass is 317 g/mol. The number of ether oxygens (including phenoxy) is 1. The van der Waals surface area contributed by atoms with E-state index >= 15 is 0 Å². The number of hydrogen-bond acceptors (Lipinski definition) is 5. The van der Waals surface area contributed by atoms with Gasteiger partial charge in [-0.3, -0.25) is 4.79 Å². The number of furan rings is 1. The van der Waals surface area contributed by atoms with Crippen molar-refractivity contribution in [1.82, 2.24) is 0 Å². The first-order valence-electron chi connectivity index (χ1n) is 6.94. The molecule has 0 bridgehead atoms. The van der Waals surface area contributed by atoms with Gasteiger partial charge in [0, 0.05) is 11.0 Å². The molecular weight excluding hydrogens is 302 g/mol. The summed E-state index contributed by atoms with van der Waals surface area (Å²) in [6.45, 7) is 0. The van der Waals surface area contributed by atoms with Crippen LogP contribution in [0.2, 0.25) is 0 Å². The van der Waals surface area contributed by atoms with Gasteiger partial charge < -0.3 is 14.5 Å². The zero-order valence-corrected chi connectivity index (χ0v) is 12.9. The van der Waals surface area contributed by atoms with Gasteiger partial charge in [0.25, 0.3) is 0 Å². The Morgan fingerprint density at radius 2 is 2.27 bits per heavy atom. The van der Waals surface area contributed by atoms with Crippen LogP contribution in [-0.2, 0) is 22.4 Å². The average molecular weight is 317 g/mol. The fraction of sp³-hybridized carbons (Fsp3) is 0.250. The molecule has 5 nitrogen and oxygen atoms in total. The first kappa shape index (κ1) is 14.6. The summed E-state index contributed by atoms with van der Waals surface area (Å²) in [6, 6.07) is 3.50. The molecule has 2 aromatic heterocycles. The van der Waals surface area contributed by atoms with Gasteiger partial charge in [-0.15, -0.1) is 11.3 Å². The Kier molecular flexibility index (Phi) is 4.11. The highest BCUT2D eigenvalue weighted by Gasteiger charge is 2.27. The number of carbonyl (C=O) groups is 2. The topological polar surface area (TPSA) is 68.5 Å². The summed E-state index contributed by atoms with van der Waals surface area (Å²) in [5, 5.41) is 3.33. The van der Waals surface area contributed by atoms with Gasteiger partial charge in [0.05, 0.1) is 18.9 Å². The molecule has 2 aromatic rings. The van der Waals surface area contributed by atoms with E-state index in [1.807, 2.05) is 0 Å². The summed E-state index contributed by atoms with van der Waals surface area (Å²) in [4.78, 5) is 25.2. The van der Waals surface area contributed by atoms with Crippen LogP contribution in [0.3, 0.4) is 0 Å². The number of rotatable bonds is 4. The predicted molar refractivity (Wildman–Crippen MR) is 84.1 cm³/mol. The zero-order chi connectivity index (χ0) is 15.5. The second-order valence-corrected chi connectivity index (χ2v) is 6.00. The van der Waals surface area contributed by atoms with E-state index in [9.17, 15) is 9.59 Å². The van der Waals surface area contributed by atoms with E-state index in [4.69, 9.17) is 9.15 Å². The summed E-state index contributed by atoms with van der Waals surface area (Å²) in [5.41, 5.74) is 1.52. The molecule has 0 radical (unpaired) electrons. The molecule has 6 heteroatoms. The number of methoxy groups -OCH3 is 1. The molecule has 0 saturated heterocycles. The summed E-state index contributed by atoms with van der Waals surface area (Å²) in [5.74, 6) is -0.108. The van der Waals surface area contributed by atoms with E-state index in [-0.39, 0.29) is 5.91 Å². The Labute approximate surface area is 131 Å². The fourth-order valence-electron chi connectivity index (χ4n) is 2.51. The lowest BCUT2D eigenvalue weighted by atomic mass is 10.1. The molecule has 22 heavy (non-hydrogen) atoms. The van der Waals surface area contributed by atoms with Crippen molar-refractivity contribution in [2.24, 2.45) is 0 Å². The summed E-state index contributed by atoms with van der Waals surface area (Å²) >= 11 is 1.45. The molecule has 0 atom stereocenters. The smallest absolute Gasteiger partial charge is 0.341 e. The largest absolute Gasteiger partial charge is 0.465 e.